The highest BCUT2D eigenvalue weighted by atomic mass is 32.1. The van der Waals surface area contributed by atoms with Crippen molar-refractivity contribution in [2.45, 2.75) is 31.2 Å². The fraction of sp³-hybridized carbons (Fsp3) is 0.417. The van der Waals surface area contributed by atoms with Crippen LogP contribution in [0.1, 0.15) is 41.8 Å². The monoisotopic (exact) mass is 246 g/mol. The molecule has 4 nitrogen and oxygen atoms in total. The Morgan fingerprint density at radius 1 is 1.47 bits per heavy atom. The number of rotatable bonds is 2. The normalized spacial score (nSPS) is 20.9. The molecular weight excluding hydrogens is 232 g/mol. The first-order valence-corrected chi connectivity index (χ1v) is 6.56. The Morgan fingerprint density at radius 2 is 2.41 bits per heavy atom. The van der Waals surface area contributed by atoms with E-state index in [1.54, 1.807) is 6.20 Å². The molecule has 0 aliphatic heterocycles. The van der Waals surface area contributed by atoms with Crippen molar-refractivity contribution in [3.05, 3.63) is 41.5 Å². The van der Waals surface area contributed by atoms with E-state index < -0.39 is 0 Å². The van der Waals surface area contributed by atoms with Gasteiger partial charge in [0.2, 0.25) is 0 Å². The Balaban J connectivity index is 1.95. The molecule has 0 saturated heterocycles. The molecule has 2 heterocycles. The van der Waals surface area contributed by atoms with E-state index in [0.29, 0.717) is 0 Å². The highest BCUT2D eigenvalue weighted by Crippen LogP contribution is 2.37. The van der Waals surface area contributed by atoms with Crippen LogP contribution in [0.2, 0.25) is 0 Å². The number of fused-ring (bicyclic) bond motifs is 1. The van der Waals surface area contributed by atoms with Gasteiger partial charge in [0, 0.05) is 17.8 Å². The van der Waals surface area contributed by atoms with Crippen LogP contribution in [0.4, 0.5) is 0 Å². The Bertz CT molecular complexity index is 497. The largest absolute Gasteiger partial charge is 0.322 e. The maximum atomic E-state index is 6.29. The van der Waals surface area contributed by atoms with Crippen molar-refractivity contribution < 1.29 is 0 Å². The molecule has 0 bridgehead atoms. The summed E-state index contributed by atoms with van der Waals surface area (Å²) < 4.78 is 8.27. The molecule has 1 aliphatic carbocycles. The molecule has 0 radical (unpaired) electrons. The Labute approximate surface area is 104 Å². The van der Waals surface area contributed by atoms with Crippen LogP contribution >= 0.6 is 11.7 Å². The fourth-order valence-corrected chi connectivity index (χ4v) is 2.99. The van der Waals surface area contributed by atoms with Crippen molar-refractivity contribution >= 4 is 11.7 Å². The second kappa shape index (κ2) is 4.50. The first kappa shape index (κ1) is 10.8. The molecular formula is C12H14N4S. The lowest BCUT2D eigenvalue weighted by Crippen LogP contribution is -2.24. The quantitative estimate of drug-likeness (QED) is 0.880. The van der Waals surface area contributed by atoms with Crippen LogP contribution in [0.5, 0.6) is 0 Å². The summed E-state index contributed by atoms with van der Waals surface area (Å²) in [5.41, 5.74) is 9.67. The predicted molar refractivity (Wildman–Crippen MR) is 66.8 cm³/mol. The summed E-state index contributed by atoms with van der Waals surface area (Å²) in [5.74, 6) is 0.281. The van der Waals surface area contributed by atoms with Gasteiger partial charge in [-0.25, -0.2) is 0 Å². The number of hydrogen-bond acceptors (Lipinski definition) is 5. The Morgan fingerprint density at radius 3 is 3.24 bits per heavy atom. The van der Waals surface area contributed by atoms with Gasteiger partial charge in [-0.1, -0.05) is 6.07 Å². The zero-order valence-corrected chi connectivity index (χ0v) is 10.2. The van der Waals surface area contributed by atoms with Gasteiger partial charge in [0.15, 0.2) is 0 Å². The molecule has 0 amide bonds. The standard InChI is InChI=1S/C12H14N4S/c13-11(10-7-15-17-16-10)9-5-1-3-8-4-2-6-14-12(8)9/h2,4,6-7,9,11H,1,3,5,13H2. The van der Waals surface area contributed by atoms with Gasteiger partial charge < -0.3 is 5.73 Å². The number of aryl methyl sites for hydroxylation is 1. The van der Waals surface area contributed by atoms with Crippen molar-refractivity contribution in [2.75, 3.05) is 0 Å². The van der Waals surface area contributed by atoms with Gasteiger partial charge in [0.05, 0.1) is 29.7 Å². The number of pyridine rings is 1. The fourth-order valence-electron chi connectivity index (χ4n) is 2.52. The molecule has 1 aliphatic rings. The summed E-state index contributed by atoms with van der Waals surface area (Å²) in [6, 6.07) is 4.07. The number of hydrogen-bond donors (Lipinski definition) is 1. The van der Waals surface area contributed by atoms with Crippen molar-refractivity contribution in [1.82, 2.24) is 13.7 Å². The molecule has 17 heavy (non-hydrogen) atoms. The van der Waals surface area contributed by atoms with E-state index >= 15 is 0 Å². The molecule has 0 saturated carbocycles. The number of nitrogens with two attached hydrogens (primary N) is 1. The van der Waals surface area contributed by atoms with Gasteiger partial charge in [-0.3, -0.25) is 4.98 Å². The second-order valence-corrected chi connectivity index (χ2v) is 4.96. The van der Waals surface area contributed by atoms with Crippen LogP contribution in [0.15, 0.2) is 24.5 Å². The van der Waals surface area contributed by atoms with Gasteiger partial charge in [0.1, 0.15) is 0 Å². The van der Waals surface area contributed by atoms with Gasteiger partial charge >= 0.3 is 0 Å². The highest BCUT2D eigenvalue weighted by molar-refractivity contribution is 6.99. The predicted octanol–water partition coefficient (Wildman–Crippen LogP) is 2.05. The van der Waals surface area contributed by atoms with Crippen molar-refractivity contribution in [1.29, 1.82) is 0 Å². The highest BCUT2D eigenvalue weighted by Gasteiger charge is 2.28. The van der Waals surface area contributed by atoms with Gasteiger partial charge in [-0.15, -0.1) is 0 Å². The van der Waals surface area contributed by atoms with E-state index in [1.165, 1.54) is 23.7 Å². The van der Waals surface area contributed by atoms with Gasteiger partial charge in [-0.05, 0) is 30.9 Å². The van der Waals surface area contributed by atoms with Crippen LogP contribution in [0, 0.1) is 0 Å². The van der Waals surface area contributed by atoms with E-state index in [1.807, 2.05) is 12.3 Å². The maximum Gasteiger partial charge on any atom is 0.0916 e. The number of nitrogens with zero attached hydrogens (tertiary/aromatic N) is 3. The van der Waals surface area contributed by atoms with Gasteiger partial charge in [-0.2, -0.15) is 8.75 Å². The molecule has 2 aromatic rings. The molecule has 2 unspecified atom stereocenters. The summed E-state index contributed by atoms with van der Waals surface area (Å²) in [7, 11) is 0. The van der Waals surface area contributed by atoms with Gasteiger partial charge in [0.25, 0.3) is 0 Å². The van der Waals surface area contributed by atoms with E-state index in [0.717, 1.165) is 24.2 Å². The zero-order chi connectivity index (χ0) is 11.7. The van der Waals surface area contributed by atoms with E-state index in [9.17, 15) is 0 Å². The van der Waals surface area contributed by atoms with Crippen molar-refractivity contribution in [3.63, 3.8) is 0 Å². The molecule has 2 N–H and O–H groups in total. The maximum absolute atomic E-state index is 6.29. The third kappa shape index (κ3) is 1.96. The molecule has 88 valence electrons. The third-order valence-corrected chi connectivity index (χ3v) is 3.88. The molecule has 2 aromatic heterocycles. The molecule has 0 aromatic carbocycles. The Kier molecular flexibility index (Phi) is 2.86. The molecule has 0 spiro atoms. The minimum absolute atomic E-state index is 0.0808. The van der Waals surface area contributed by atoms with Crippen molar-refractivity contribution in [2.24, 2.45) is 5.73 Å². The number of aromatic nitrogens is 3. The van der Waals surface area contributed by atoms with Crippen LogP contribution < -0.4 is 5.73 Å². The van der Waals surface area contributed by atoms with Crippen LogP contribution in [0.25, 0.3) is 0 Å². The van der Waals surface area contributed by atoms with E-state index in [4.69, 9.17) is 5.73 Å². The Hall–Kier alpha value is -1.33. The van der Waals surface area contributed by atoms with Crippen LogP contribution in [-0.2, 0) is 6.42 Å². The summed E-state index contributed by atoms with van der Waals surface area (Å²) >= 11 is 1.21. The summed E-state index contributed by atoms with van der Waals surface area (Å²) in [4.78, 5) is 4.51. The minimum Gasteiger partial charge on any atom is -0.322 e. The lowest BCUT2D eigenvalue weighted by Gasteiger charge is -2.27. The SMILES string of the molecule is NC(c1cnsn1)C1CCCc2cccnc21. The minimum atomic E-state index is -0.0808. The first-order valence-electron chi connectivity index (χ1n) is 5.83. The molecule has 5 heteroatoms. The average molecular weight is 246 g/mol. The lowest BCUT2D eigenvalue weighted by molar-refractivity contribution is 0.458. The smallest absolute Gasteiger partial charge is 0.0916 e. The third-order valence-electron chi connectivity index (χ3n) is 3.39. The van der Waals surface area contributed by atoms with E-state index in [2.05, 4.69) is 19.8 Å². The lowest BCUT2D eigenvalue weighted by atomic mass is 9.81. The summed E-state index contributed by atoms with van der Waals surface area (Å²) in [6.07, 6.45) is 6.99. The first-order chi connectivity index (χ1) is 8.36. The van der Waals surface area contributed by atoms with Crippen LogP contribution in [0.3, 0.4) is 0 Å². The average Bonchev–Trinajstić information content (AvgIpc) is 2.91. The zero-order valence-electron chi connectivity index (χ0n) is 9.41. The topological polar surface area (TPSA) is 64.7 Å². The molecule has 3 rings (SSSR count). The van der Waals surface area contributed by atoms with E-state index in [-0.39, 0.29) is 12.0 Å². The summed E-state index contributed by atoms with van der Waals surface area (Å²) in [5, 5.41) is 0. The second-order valence-electron chi connectivity index (χ2n) is 4.40. The van der Waals surface area contributed by atoms with Crippen molar-refractivity contribution in [3.8, 4) is 0 Å². The molecule has 0 fully saturated rings. The molecule has 2 atom stereocenters. The van der Waals surface area contributed by atoms with Crippen LogP contribution in [-0.4, -0.2) is 13.7 Å². The summed E-state index contributed by atoms with van der Waals surface area (Å²) in [6.45, 7) is 0.